The molecule has 1 aromatic rings. The molecule has 16 heavy (non-hydrogen) atoms. The molecule has 2 nitrogen and oxygen atoms in total. The first-order chi connectivity index (χ1) is 7.49. The molecule has 0 bridgehead atoms. The Morgan fingerprint density at radius 3 is 2.31 bits per heavy atom. The molecule has 0 amide bonds. The van der Waals surface area contributed by atoms with Crippen molar-refractivity contribution in [2.45, 2.75) is 38.1 Å². The van der Waals surface area contributed by atoms with Gasteiger partial charge >= 0.3 is 0 Å². The third kappa shape index (κ3) is 4.35. The Kier molecular flexibility index (Phi) is 5.00. The van der Waals surface area contributed by atoms with Crippen molar-refractivity contribution in [2.24, 2.45) is 0 Å². The van der Waals surface area contributed by atoms with Crippen LogP contribution in [0.5, 0.6) is 5.75 Å². The summed E-state index contributed by atoms with van der Waals surface area (Å²) in [5, 5.41) is 0. The number of carbonyl (C=O) groups excluding carboxylic acids is 1. The third-order valence-electron chi connectivity index (χ3n) is 2.15. The Bertz CT molecular complexity index is 343. The second-order valence-corrected chi connectivity index (χ2v) is 5.20. The van der Waals surface area contributed by atoms with Gasteiger partial charge in [0.25, 0.3) is 0 Å². The van der Waals surface area contributed by atoms with Crippen molar-refractivity contribution in [3.05, 3.63) is 29.8 Å². The van der Waals surface area contributed by atoms with Crippen molar-refractivity contribution >= 4 is 21.7 Å². The summed E-state index contributed by atoms with van der Waals surface area (Å²) >= 11 is 3.36. The highest BCUT2D eigenvalue weighted by Gasteiger charge is 2.10. The normalized spacial score (nSPS) is 12.6. The molecule has 1 atom stereocenters. The fraction of sp³-hybridized carbons (Fsp3) is 0.462. The zero-order valence-corrected chi connectivity index (χ0v) is 11.5. The van der Waals surface area contributed by atoms with Crippen molar-refractivity contribution in [1.29, 1.82) is 0 Å². The summed E-state index contributed by atoms with van der Waals surface area (Å²) in [7, 11) is 0. The van der Waals surface area contributed by atoms with E-state index in [1.54, 1.807) is 6.92 Å². The van der Waals surface area contributed by atoms with E-state index in [-0.39, 0.29) is 16.7 Å². The van der Waals surface area contributed by atoms with Crippen molar-refractivity contribution in [3.8, 4) is 5.75 Å². The first-order valence-corrected chi connectivity index (χ1v) is 6.30. The van der Waals surface area contributed by atoms with E-state index in [0.717, 1.165) is 17.7 Å². The lowest BCUT2D eigenvalue weighted by molar-refractivity contribution is -0.116. The van der Waals surface area contributed by atoms with Crippen molar-refractivity contribution in [3.63, 3.8) is 0 Å². The number of hydrogen-bond donors (Lipinski definition) is 0. The zero-order valence-electron chi connectivity index (χ0n) is 9.87. The van der Waals surface area contributed by atoms with Gasteiger partial charge in [-0.15, -0.1) is 0 Å². The predicted molar refractivity (Wildman–Crippen MR) is 69.3 cm³/mol. The van der Waals surface area contributed by atoms with Gasteiger partial charge in [-0.25, -0.2) is 0 Å². The second kappa shape index (κ2) is 6.04. The van der Waals surface area contributed by atoms with Gasteiger partial charge in [0.1, 0.15) is 11.5 Å². The molecule has 0 saturated heterocycles. The lowest BCUT2D eigenvalue weighted by Gasteiger charge is -2.11. The number of rotatable bonds is 5. The Balaban J connectivity index is 2.61. The number of ether oxygens (including phenoxy) is 1. The molecule has 0 spiro atoms. The van der Waals surface area contributed by atoms with Gasteiger partial charge in [-0.3, -0.25) is 4.79 Å². The van der Waals surface area contributed by atoms with E-state index in [1.165, 1.54) is 0 Å². The number of halogens is 1. The minimum atomic E-state index is -0.0932. The summed E-state index contributed by atoms with van der Waals surface area (Å²) in [5.41, 5.74) is 1.13. The molecule has 0 aromatic heterocycles. The minimum absolute atomic E-state index is 0.0932. The minimum Gasteiger partial charge on any atom is -0.491 e. The fourth-order valence-electron chi connectivity index (χ4n) is 1.33. The van der Waals surface area contributed by atoms with Crippen molar-refractivity contribution < 1.29 is 9.53 Å². The topological polar surface area (TPSA) is 26.3 Å². The maximum absolute atomic E-state index is 11.1. The zero-order chi connectivity index (χ0) is 12.1. The van der Waals surface area contributed by atoms with Crippen LogP contribution in [-0.2, 0) is 11.2 Å². The van der Waals surface area contributed by atoms with Crippen LogP contribution in [0.1, 0.15) is 26.3 Å². The standard InChI is InChI=1S/C13H17BrO2/c1-9(2)16-12-6-4-11(5-7-12)8-13(14)10(3)15/h4-7,9,13H,8H2,1-3H3. The number of hydrogen-bond acceptors (Lipinski definition) is 2. The Labute approximate surface area is 105 Å². The molecule has 0 heterocycles. The molecule has 88 valence electrons. The van der Waals surface area contributed by atoms with Gasteiger partial charge in [0.05, 0.1) is 10.9 Å². The molecular weight excluding hydrogens is 268 g/mol. The van der Waals surface area contributed by atoms with E-state index in [1.807, 2.05) is 38.1 Å². The van der Waals surface area contributed by atoms with Gasteiger partial charge in [0.15, 0.2) is 0 Å². The molecule has 3 heteroatoms. The van der Waals surface area contributed by atoms with Gasteiger partial charge in [-0.2, -0.15) is 0 Å². The van der Waals surface area contributed by atoms with Gasteiger partial charge in [0.2, 0.25) is 0 Å². The first kappa shape index (κ1) is 13.2. The first-order valence-electron chi connectivity index (χ1n) is 5.39. The Hall–Kier alpha value is -0.830. The van der Waals surface area contributed by atoms with E-state index in [0.29, 0.717) is 0 Å². The van der Waals surface area contributed by atoms with Crippen molar-refractivity contribution in [2.75, 3.05) is 0 Å². The summed E-state index contributed by atoms with van der Waals surface area (Å²) in [5.74, 6) is 1.02. The van der Waals surface area contributed by atoms with E-state index in [4.69, 9.17) is 4.74 Å². The monoisotopic (exact) mass is 284 g/mol. The smallest absolute Gasteiger partial charge is 0.143 e. The Morgan fingerprint density at radius 1 is 1.31 bits per heavy atom. The van der Waals surface area contributed by atoms with E-state index < -0.39 is 0 Å². The third-order valence-corrected chi connectivity index (χ3v) is 3.12. The Morgan fingerprint density at radius 2 is 1.88 bits per heavy atom. The molecule has 0 saturated carbocycles. The van der Waals surface area contributed by atoms with Crippen LogP contribution in [0.4, 0.5) is 0 Å². The van der Waals surface area contributed by atoms with E-state index in [2.05, 4.69) is 15.9 Å². The van der Waals surface area contributed by atoms with Gasteiger partial charge in [-0.1, -0.05) is 28.1 Å². The lowest BCUT2D eigenvalue weighted by atomic mass is 10.1. The summed E-state index contributed by atoms with van der Waals surface area (Å²) in [4.78, 5) is 11.0. The molecule has 0 N–H and O–H groups in total. The van der Waals surface area contributed by atoms with Crippen LogP contribution in [0.2, 0.25) is 0 Å². The van der Waals surface area contributed by atoms with E-state index in [9.17, 15) is 4.79 Å². The number of alkyl halides is 1. The number of carbonyl (C=O) groups is 1. The summed E-state index contributed by atoms with van der Waals surface area (Å²) in [6.07, 6.45) is 0.907. The molecule has 0 fully saturated rings. The molecule has 0 aliphatic heterocycles. The highest BCUT2D eigenvalue weighted by molar-refractivity contribution is 9.10. The highest BCUT2D eigenvalue weighted by atomic mass is 79.9. The molecule has 0 aliphatic carbocycles. The number of ketones is 1. The average molecular weight is 285 g/mol. The second-order valence-electron chi connectivity index (χ2n) is 4.09. The molecule has 1 aromatic carbocycles. The van der Waals surface area contributed by atoms with Crippen LogP contribution in [0.15, 0.2) is 24.3 Å². The SMILES string of the molecule is CC(=O)C(Br)Cc1ccc(OC(C)C)cc1. The van der Waals surface area contributed by atoms with Gasteiger partial charge in [0, 0.05) is 0 Å². The lowest BCUT2D eigenvalue weighted by Crippen LogP contribution is -2.12. The van der Waals surface area contributed by atoms with Crippen LogP contribution >= 0.6 is 15.9 Å². The summed E-state index contributed by atoms with van der Waals surface area (Å²) in [6, 6.07) is 7.87. The molecule has 0 aliphatic rings. The molecular formula is C13H17BrO2. The molecule has 1 rings (SSSR count). The van der Waals surface area contributed by atoms with Crippen molar-refractivity contribution in [1.82, 2.24) is 0 Å². The molecule has 1 unspecified atom stereocenters. The summed E-state index contributed by atoms with van der Waals surface area (Å²) < 4.78 is 5.54. The van der Waals surface area contributed by atoms with E-state index >= 15 is 0 Å². The maximum Gasteiger partial charge on any atom is 0.143 e. The predicted octanol–water partition coefficient (Wildman–Crippen LogP) is 3.37. The maximum atomic E-state index is 11.1. The highest BCUT2D eigenvalue weighted by Crippen LogP contribution is 2.17. The van der Waals surface area contributed by atoms with Crippen LogP contribution in [0.25, 0.3) is 0 Å². The average Bonchev–Trinajstić information content (AvgIpc) is 2.20. The summed E-state index contributed by atoms with van der Waals surface area (Å²) in [6.45, 7) is 5.59. The molecule has 0 radical (unpaired) electrons. The quantitative estimate of drug-likeness (QED) is 0.775. The van der Waals surface area contributed by atoms with Crippen LogP contribution in [-0.4, -0.2) is 16.7 Å². The number of benzene rings is 1. The largest absolute Gasteiger partial charge is 0.491 e. The number of Topliss-reactive ketones (excluding diaryl/α,β-unsaturated/α-hetero) is 1. The fourth-order valence-corrected chi connectivity index (χ4v) is 1.70. The van der Waals surface area contributed by atoms with Crippen LogP contribution in [0.3, 0.4) is 0 Å². The van der Waals surface area contributed by atoms with Crippen LogP contribution < -0.4 is 4.74 Å². The van der Waals surface area contributed by atoms with Crippen LogP contribution in [0, 0.1) is 0 Å². The van der Waals surface area contributed by atoms with Gasteiger partial charge in [-0.05, 0) is 44.9 Å². The van der Waals surface area contributed by atoms with Gasteiger partial charge < -0.3 is 4.74 Å².